The van der Waals surface area contributed by atoms with Crippen molar-refractivity contribution in [2.24, 2.45) is 0 Å². The Morgan fingerprint density at radius 1 is 0.923 bits per heavy atom. The maximum absolute atomic E-state index is 11.6. The molecule has 1 aliphatic rings. The first kappa shape index (κ1) is 23.5. The summed E-state index contributed by atoms with van der Waals surface area (Å²) in [7, 11) is 0. The molecule has 0 aromatic heterocycles. The van der Waals surface area contributed by atoms with Crippen LogP contribution in [0.5, 0.6) is 0 Å². The number of rotatable bonds is 12. The Hall–Kier alpha value is -2.52. The van der Waals surface area contributed by atoms with E-state index in [9.17, 15) is 19.2 Å². The van der Waals surface area contributed by atoms with Crippen molar-refractivity contribution in [1.29, 1.82) is 0 Å². The third kappa shape index (κ3) is 10.4. The lowest BCUT2D eigenvalue weighted by molar-refractivity contribution is -0.141. The molecule has 9 nitrogen and oxygen atoms in total. The van der Waals surface area contributed by atoms with Crippen molar-refractivity contribution in [2.45, 2.75) is 13.3 Å². The normalized spacial score (nSPS) is 12.6. The highest BCUT2D eigenvalue weighted by molar-refractivity contribution is 6.14. The molecule has 0 atom stereocenters. The van der Waals surface area contributed by atoms with E-state index in [1.165, 1.54) is 0 Å². The van der Waals surface area contributed by atoms with Gasteiger partial charge in [0.05, 0.1) is 26.4 Å². The fourth-order valence-electron chi connectivity index (χ4n) is 1.76. The summed E-state index contributed by atoms with van der Waals surface area (Å²) in [5.74, 6) is -1.41. The lowest BCUT2D eigenvalue weighted by atomic mass is 10.4. The van der Waals surface area contributed by atoms with Crippen LogP contribution >= 0.6 is 0 Å². The van der Waals surface area contributed by atoms with Crippen molar-refractivity contribution in [2.75, 3.05) is 46.1 Å². The third-order valence-corrected chi connectivity index (χ3v) is 3.03. The average molecular weight is 369 g/mol. The summed E-state index contributed by atoms with van der Waals surface area (Å²) in [6, 6.07) is 0. The number of nitrogens with one attached hydrogen (secondary N) is 2. The molecule has 0 bridgehead atoms. The van der Waals surface area contributed by atoms with Gasteiger partial charge in [0.15, 0.2) is 0 Å². The zero-order valence-corrected chi connectivity index (χ0v) is 15.1. The van der Waals surface area contributed by atoms with Gasteiger partial charge in [-0.3, -0.25) is 24.1 Å². The van der Waals surface area contributed by atoms with Crippen molar-refractivity contribution in [3.05, 3.63) is 25.3 Å². The first-order chi connectivity index (χ1) is 12.5. The van der Waals surface area contributed by atoms with Crippen molar-refractivity contribution in [1.82, 2.24) is 15.5 Å². The number of imide groups is 1. The minimum Gasteiger partial charge on any atom is -0.377 e. The van der Waals surface area contributed by atoms with E-state index in [-0.39, 0.29) is 19.0 Å². The second-order valence-corrected chi connectivity index (χ2v) is 4.87. The van der Waals surface area contributed by atoms with E-state index >= 15 is 0 Å². The Bertz CT molecular complexity index is 489. The van der Waals surface area contributed by atoms with Gasteiger partial charge in [-0.25, -0.2) is 0 Å². The number of hydrogen-bond acceptors (Lipinski definition) is 6. The predicted molar refractivity (Wildman–Crippen MR) is 95.1 cm³/mol. The first-order valence-electron chi connectivity index (χ1n) is 8.27. The van der Waals surface area contributed by atoms with Crippen LogP contribution in [0, 0.1) is 0 Å². The summed E-state index contributed by atoms with van der Waals surface area (Å²) in [6.07, 6.45) is 2.71. The van der Waals surface area contributed by atoms with E-state index in [1.54, 1.807) is 6.92 Å². The standard InChI is InChI=1S/C15H23N3O6.C2H4/c1-2-12(19)16-5-7-23-9-10-24-8-6-17-13(20)11-18-14(21)3-4-15(18)22;1-2/h3-4H,2,5-11H2,1H3,(H,16,19)(H,17,20);1-2H2. The lowest BCUT2D eigenvalue weighted by Gasteiger charge is -2.13. The zero-order valence-electron chi connectivity index (χ0n) is 15.1. The molecule has 0 radical (unpaired) electrons. The molecule has 1 aliphatic heterocycles. The highest BCUT2D eigenvalue weighted by Gasteiger charge is 2.25. The van der Waals surface area contributed by atoms with Gasteiger partial charge < -0.3 is 20.1 Å². The Kier molecular flexibility index (Phi) is 13.4. The minimum atomic E-state index is -0.487. The van der Waals surface area contributed by atoms with Crippen LogP contribution in [0.15, 0.2) is 25.3 Å². The molecule has 0 aromatic rings. The SMILES string of the molecule is C=C.CCC(=O)NCCOCCOCCNC(=O)CN1C(=O)C=CC1=O. The maximum atomic E-state index is 11.6. The molecule has 0 aliphatic carbocycles. The number of ether oxygens (including phenoxy) is 2. The predicted octanol–water partition coefficient (Wildman–Crippen LogP) is -0.611. The van der Waals surface area contributed by atoms with Gasteiger partial charge in [-0.15, -0.1) is 13.2 Å². The van der Waals surface area contributed by atoms with Gasteiger partial charge in [0, 0.05) is 31.7 Å². The van der Waals surface area contributed by atoms with Crippen LogP contribution in [0.3, 0.4) is 0 Å². The van der Waals surface area contributed by atoms with Gasteiger partial charge >= 0.3 is 0 Å². The molecule has 1 rings (SSSR count). The Morgan fingerprint density at radius 2 is 1.38 bits per heavy atom. The topological polar surface area (TPSA) is 114 Å². The second kappa shape index (κ2) is 14.8. The summed E-state index contributed by atoms with van der Waals surface area (Å²) >= 11 is 0. The van der Waals surface area contributed by atoms with Gasteiger partial charge in [-0.2, -0.15) is 0 Å². The largest absolute Gasteiger partial charge is 0.377 e. The molecule has 2 N–H and O–H groups in total. The minimum absolute atomic E-state index is 0.0151. The van der Waals surface area contributed by atoms with Gasteiger partial charge in [0.2, 0.25) is 11.8 Å². The van der Waals surface area contributed by atoms with Gasteiger partial charge in [0.25, 0.3) is 11.8 Å². The fraction of sp³-hybridized carbons (Fsp3) is 0.529. The summed E-state index contributed by atoms with van der Waals surface area (Å²) in [5, 5.41) is 5.24. The van der Waals surface area contributed by atoms with E-state index in [0.29, 0.717) is 39.4 Å². The first-order valence-corrected chi connectivity index (χ1v) is 8.27. The van der Waals surface area contributed by atoms with E-state index in [2.05, 4.69) is 23.8 Å². The van der Waals surface area contributed by atoms with E-state index in [4.69, 9.17) is 9.47 Å². The molecule has 0 aromatic carbocycles. The Labute approximate surface area is 153 Å². The number of carbonyl (C=O) groups is 4. The highest BCUT2D eigenvalue weighted by Crippen LogP contribution is 2.01. The molecule has 1 heterocycles. The van der Waals surface area contributed by atoms with Crippen LogP contribution < -0.4 is 10.6 Å². The summed E-state index contributed by atoms with van der Waals surface area (Å²) in [4.78, 5) is 45.9. The van der Waals surface area contributed by atoms with E-state index < -0.39 is 17.7 Å². The zero-order chi connectivity index (χ0) is 19.8. The van der Waals surface area contributed by atoms with E-state index in [0.717, 1.165) is 17.1 Å². The molecule has 0 spiro atoms. The highest BCUT2D eigenvalue weighted by atomic mass is 16.5. The van der Waals surface area contributed by atoms with Crippen molar-refractivity contribution < 1.29 is 28.7 Å². The van der Waals surface area contributed by atoms with Crippen molar-refractivity contribution >= 4 is 23.6 Å². The molecule has 0 saturated carbocycles. The maximum Gasteiger partial charge on any atom is 0.254 e. The molecule has 0 saturated heterocycles. The summed E-state index contributed by atoms with van der Waals surface area (Å²) in [5.41, 5.74) is 0. The van der Waals surface area contributed by atoms with Gasteiger partial charge in [-0.1, -0.05) is 6.92 Å². The quantitative estimate of drug-likeness (QED) is 0.269. The molecule has 4 amide bonds. The van der Waals surface area contributed by atoms with Crippen molar-refractivity contribution in [3.8, 4) is 0 Å². The van der Waals surface area contributed by atoms with Crippen LogP contribution in [0.4, 0.5) is 0 Å². The van der Waals surface area contributed by atoms with Crippen LogP contribution in [0.2, 0.25) is 0 Å². The molecule has 0 unspecified atom stereocenters. The summed E-state index contributed by atoms with van der Waals surface area (Å²) < 4.78 is 10.5. The number of hydrogen-bond donors (Lipinski definition) is 2. The van der Waals surface area contributed by atoms with Crippen LogP contribution in [0.1, 0.15) is 13.3 Å². The Balaban J connectivity index is 0.00000301. The van der Waals surface area contributed by atoms with Gasteiger partial charge in [-0.05, 0) is 0 Å². The van der Waals surface area contributed by atoms with Gasteiger partial charge in [0.1, 0.15) is 6.54 Å². The second-order valence-electron chi connectivity index (χ2n) is 4.87. The molecular weight excluding hydrogens is 342 g/mol. The molecule has 9 heteroatoms. The Morgan fingerprint density at radius 3 is 1.85 bits per heavy atom. The molecule has 26 heavy (non-hydrogen) atoms. The monoisotopic (exact) mass is 369 g/mol. The number of carbonyl (C=O) groups excluding carboxylic acids is 4. The van der Waals surface area contributed by atoms with E-state index in [1.807, 2.05) is 0 Å². The van der Waals surface area contributed by atoms with Crippen LogP contribution in [-0.4, -0.2) is 74.6 Å². The van der Waals surface area contributed by atoms with Crippen LogP contribution in [0.25, 0.3) is 0 Å². The summed E-state index contributed by atoms with van der Waals surface area (Å²) in [6.45, 7) is 9.68. The van der Waals surface area contributed by atoms with Crippen LogP contribution in [-0.2, 0) is 28.7 Å². The number of nitrogens with zero attached hydrogens (tertiary/aromatic N) is 1. The number of amides is 4. The lowest BCUT2D eigenvalue weighted by Crippen LogP contribution is -2.41. The molecule has 146 valence electrons. The molecular formula is C17H27N3O6. The van der Waals surface area contributed by atoms with Crippen molar-refractivity contribution in [3.63, 3.8) is 0 Å². The third-order valence-electron chi connectivity index (χ3n) is 3.03. The smallest absolute Gasteiger partial charge is 0.254 e. The average Bonchev–Trinajstić information content (AvgIpc) is 2.96. The fourth-order valence-corrected chi connectivity index (χ4v) is 1.76. The molecule has 0 fully saturated rings.